The maximum absolute atomic E-state index is 12.2. The van der Waals surface area contributed by atoms with Gasteiger partial charge in [0, 0.05) is 42.8 Å². The molecule has 0 unspecified atom stereocenters. The number of aryl methyl sites for hydroxylation is 1. The average Bonchev–Trinajstić information content (AvgIpc) is 2.84. The minimum absolute atomic E-state index is 0.335. The van der Waals surface area contributed by atoms with Crippen LogP contribution in [0, 0.1) is 0 Å². The molecular weight excluding hydrogens is 336 g/mol. The first kappa shape index (κ1) is 16.0. The van der Waals surface area contributed by atoms with Crippen molar-refractivity contribution in [2.45, 2.75) is 25.7 Å². The molecule has 1 amide bonds. The van der Waals surface area contributed by atoms with Gasteiger partial charge in [-0.1, -0.05) is 22.0 Å². The highest BCUT2D eigenvalue weighted by Gasteiger charge is 2.18. The fourth-order valence-corrected chi connectivity index (χ4v) is 3.84. The third-order valence-corrected chi connectivity index (χ3v) is 5.03. The number of halogens is 1. The monoisotopic (exact) mass is 358 g/mol. The molecule has 1 aromatic heterocycles. The first-order valence-corrected chi connectivity index (χ1v) is 9.38. The summed E-state index contributed by atoms with van der Waals surface area (Å²) >= 11 is 5.27. The largest absolute Gasteiger partial charge is 0.341 e. The summed E-state index contributed by atoms with van der Waals surface area (Å²) in [5, 5.41) is 3.12. The lowest BCUT2D eigenvalue weighted by Gasteiger charge is -2.21. The zero-order valence-corrected chi connectivity index (χ0v) is 14.3. The molecule has 5 heteroatoms. The lowest BCUT2D eigenvalue weighted by molar-refractivity contribution is -0.131. The fourth-order valence-electron chi connectivity index (χ4n) is 2.59. The van der Waals surface area contributed by atoms with E-state index in [-0.39, 0.29) is 0 Å². The molecule has 0 radical (unpaired) electrons. The van der Waals surface area contributed by atoms with Gasteiger partial charge in [0.15, 0.2) is 0 Å². The molecule has 0 aromatic carbocycles. The van der Waals surface area contributed by atoms with Crippen LogP contribution in [0.1, 0.15) is 24.1 Å². The van der Waals surface area contributed by atoms with Crippen molar-refractivity contribution in [1.82, 2.24) is 9.80 Å². The lowest BCUT2D eigenvalue weighted by Crippen LogP contribution is -2.35. The molecule has 1 aliphatic heterocycles. The highest BCUT2D eigenvalue weighted by atomic mass is 79.9. The van der Waals surface area contributed by atoms with Gasteiger partial charge in [0.05, 0.1) is 0 Å². The van der Waals surface area contributed by atoms with Crippen molar-refractivity contribution in [2.75, 3.05) is 38.1 Å². The van der Waals surface area contributed by atoms with Gasteiger partial charge in [-0.15, -0.1) is 11.3 Å². The van der Waals surface area contributed by atoms with Crippen molar-refractivity contribution in [1.29, 1.82) is 0 Å². The number of alkyl halides is 1. The summed E-state index contributed by atoms with van der Waals surface area (Å²) in [6.45, 7) is 5.04. The normalized spacial score (nSPS) is 17.1. The Morgan fingerprint density at radius 3 is 2.95 bits per heavy atom. The van der Waals surface area contributed by atoms with E-state index in [0.29, 0.717) is 12.3 Å². The minimum atomic E-state index is 0.335. The van der Waals surface area contributed by atoms with E-state index in [9.17, 15) is 4.79 Å². The molecule has 112 valence electrons. The van der Waals surface area contributed by atoms with Crippen molar-refractivity contribution in [3.63, 3.8) is 0 Å². The summed E-state index contributed by atoms with van der Waals surface area (Å²) in [6.07, 6.45) is 3.80. The third-order valence-electron chi connectivity index (χ3n) is 3.74. The molecule has 0 aliphatic carbocycles. The molecule has 0 N–H and O–H groups in total. The molecule has 0 spiro atoms. The zero-order valence-electron chi connectivity index (χ0n) is 11.9. The maximum Gasteiger partial charge on any atom is 0.222 e. The summed E-state index contributed by atoms with van der Waals surface area (Å²) in [5.41, 5.74) is 0. The number of thiophene rings is 1. The van der Waals surface area contributed by atoms with Gasteiger partial charge >= 0.3 is 0 Å². The fraction of sp³-hybridized carbons (Fsp3) is 0.667. The Morgan fingerprint density at radius 2 is 2.20 bits per heavy atom. The zero-order chi connectivity index (χ0) is 14.2. The molecular formula is C15H23BrN2OS. The summed E-state index contributed by atoms with van der Waals surface area (Å²) in [7, 11) is 0. The Morgan fingerprint density at radius 1 is 1.30 bits per heavy atom. The van der Waals surface area contributed by atoms with Gasteiger partial charge in [-0.3, -0.25) is 4.79 Å². The van der Waals surface area contributed by atoms with Gasteiger partial charge in [0.2, 0.25) is 5.91 Å². The predicted molar refractivity (Wildman–Crippen MR) is 88.7 cm³/mol. The number of nitrogens with zero attached hydrogens (tertiary/aromatic N) is 2. The van der Waals surface area contributed by atoms with Crippen LogP contribution in [0.3, 0.4) is 0 Å². The third kappa shape index (κ3) is 5.19. The molecule has 20 heavy (non-hydrogen) atoms. The van der Waals surface area contributed by atoms with Crippen LogP contribution < -0.4 is 0 Å². The van der Waals surface area contributed by atoms with Gasteiger partial charge < -0.3 is 9.80 Å². The van der Waals surface area contributed by atoms with E-state index in [0.717, 1.165) is 57.3 Å². The first-order valence-electron chi connectivity index (χ1n) is 7.38. The van der Waals surface area contributed by atoms with Gasteiger partial charge in [-0.25, -0.2) is 0 Å². The molecule has 3 nitrogen and oxygen atoms in total. The minimum Gasteiger partial charge on any atom is -0.341 e. The second kappa shape index (κ2) is 8.80. The lowest BCUT2D eigenvalue weighted by atomic mass is 10.2. The number of carbonyl (C=O) groups is 1. The quantitative estimate of drug-likeness (QED) is 0.729. The predicted octanol–water partition coefficient (Wildman–Crippen LogP) is 3.00. The van der Waals surface area contributed by atoms with Crippen LogP contribution in [0.2, 0.25) is 0 Å². The maximum atomic E-state index is 12.2. The Labute approximate surface area is 134 Å². The Kier molecular flexibility index (Phi) is 7.03. The molecule has 0 saturated carbocycles. The van der Waals surface area contributed by atoms with Crippen LogP contribution in [0.15, 0.2) is 17.5 Å². The van der Waals surface area contributed by atoms with Crippen LogP contribution >= 0.6 is 27.3 Å². The highest BCUT2D eigenvalue weighted by molar-refractivity contribution is 9.09. The van der Waals surface area contributed by atoms with Crippen molar-refractivity contribution in [2.24, 2.45) is 0 Å². The average molecular weight is 359 g/mol. The van der Waals surface area contributed by atoms with E-state index in [1.54, 1.807) is 11.3 Å². The van der Waals surface area contributed by atoms with E-state index in [1.165, 1.54) is 4.88 Å². The number of carbonyl (C=O) groups excluding carboxylic acids is 1. The molecule has 1 fully saturated rings. The van der Waals surface area contributed by atoms with E-state index in [4.69, 9.17) is 0 Å². The summed E-state index contributed by atoms with van der Waals surface area (Å²) in [5.74, 6) is 0.335. The van der Waals surface area contributed by atoms with Gasteiger partial charge in [-0.05, 0) is 37.3 Å². The SMILES string of the molecule is O=C(CCCc1cccs1)N1CCCN(CCBr)CC1. The van der Waals surface area contributed by atoms with E-state index >= 15 is 0 Å². The van der Waals surface area contributed by atoms with Crippen molar-refractivity contribution < 1.29 is 4.79 Å². The Hall–Kier alpha value is -0.390. The van der Waals surface area contributed by atoms with Crippen LogP contribution in [-0.4, -0.2) is 53.8 Å². The number of hydrogen-bond donors (Lipinski definition) is 0. The molecule has 1 saturated heterocycles. The van der Waals surface area contributed by atoms with Crippen molar-refractivity contribution in [3.8, 4) is 0 Å². The smallest absolute Gasteiger partial charge is 0.222 e. The molecule has 0 atom stereocenters. The van der Waals surface area contributed by atoms with Gasteiger partial charge in [0.25, 0.3) is 0 Å². The molecule has 2 heterocycles. The Bertz CT molecular complexity index is 397. The molecule has 1 aliphatic rings. The van der Waals surface area contributed by atoms with Gasteiger partial charge in [-0.2, -0.15) is 0 Å². The van der Waals surface area contributed by atoms with Crippen molar-refractivity contribution in [3.05, 3.63) is 22.4 Å². The molecule has 2 rings (SSSR count). The summed E-state index contributed by atoms with van der Waals surface area (Å²) < 4.78 is 0. The van der Waals surface area contributed by atoms with Crippen LogP contribution in [0.5, 0.6) is 0 Å². The summed E-state index contributed by atoms with van der Waals surface area (Å²) in [4.78, 5) is 18.1. The molecule has 0 bridgehead atoms. The van der Waals surface area contributed by atoms with Crippen LogP contribution in [0.4, 0.5) is 0 Å². The van der Waals surface area contributed by atoms with E-state index in [2.05, 4.69) is 43.2 Å². The number of amides is 1. The number of hydrogen-bond acceptors (Lipinski definition) is 3. The second-order valence-corrected chi connectivity index (χ2v) is 7.02. The van der Waals surface area contributed by atoms with Gasteiger partial charge in [0.1, 0.15) is 0 Å². The summed E-state index contributed by atoms with van der Waals surface area (Å²) in [6, 6.07) is 4.23. The van der Waals surface area contributed by atoms with Crippen LogP contribution in [0.25, 0.3) is 0 Å². The van der Waals surface area contributed by atoms with E-state index < -0.39 is 0 Å². The van der Waals surface area contributed by atoms with Crippen molar-refractivity contribution >= 4 is 33.2 Å². The van der Waals surface area contributed by atoms with Crippen LogP contribution in [-0.2, 0) is 11.2 Å². The second-order valence-electron chi connectivity index (χ2n) is 5.20. The molecule has 1 aromatic rings. The number of rotatable bonds is 6. The first-order chi connectivity index (χ1) is 9.79. The standard InChI is InChI=1S/C15H23BrN2OS/c16-7-10-17-8-3-9-18(12-11-17)15(19)6-1-4-14-5-2-13-20-14/h2,5,13H,1,3-4,6-12H2. The van der Waals surface area contributed by atoms with E-state index in [1.807, 2.05) is 0 Å². The topological polar surface area (TPSA) is 23.6 Å². The highest BCUT2D eigenvalue weighted by Crippen LogP contribution is 2.13. The Balaban J connectivity index is 1.69.